The van der Waals surface area contributed by atoms with Crippen LogP contribution in [0.1, 0.15) is 13.3 Å². The van der Waals surface area contributed by atoms with E-state index in [1.54, 1.807) is 18.6 Å². The number of aliphatic imine (C=N–C) groups is 1. The molecule has 4 heteroatoms. The van der Waals surface area contributed by atoms with Crippen molar-refractivity contribution in [3.63, 3.8) is 0 Å². The van der Waals surface area contributed by atoms with Crippen LogP contribution in [0.5, 0.6) is 0 Å². The summed E-state index contributed by atoms with van der Waals surface area (Å²) in [5.74, 6) is 0. The third kappa shape index (κ3) is 5.68. The van der Waals surface area contributed by atoms with E-state index in [9.17, 15) is 0 Å². The molecule has 0 spiro atoms. The van der Waals surface area contributed by atoms with E-state index in [4.69, 9.17) is 4.74 Å². The second-order valence-corrected chi connectivity index (χ2v) is 3.72. The van der Waals surface area contributed by atoms with Gasteiger partial charge in [-0.2, -0.15) is 0 Å². The lowest BCUT2D eigenvalue weighted by Crippen LogP contribution is -2.36. The van der Waals surface area contributed by atoms with Crippen molar-refractivity contribution in [1.29, 1.82) is 0 Å². The van der Waals surface area contributed by atoms with Crippen LogP contribution >= 0.6 is 0 Å². The molecule has 1 saturated heterocycles. The van der Waals surface area contributed by atoms with Crippen molar-refractivity contribution >= 4 is 6.34 Å². The number of nitrogens with one attached hydrogen (secondary N) is 1. The van der Waals surface area contributed by atoms with Gasteiger partial charge in [0.1, 0.15) is 0 Å². The van der Waals surface area contributed by atoms with Crippen molar-refractivity contribution in [3.8, 4) is 0 Å². The van der Waals surface area contributed by atoms with Crippen molar-refractivity contribution in [2.45, 2.75) is 13.3 Å². The minimum absolute atomic E-state index is 0.884. The molecule has 16 heavy (non-hydrogen) atoms. The number of ether oxygens (including phenoxy) is 1. The summed E-state index contributed by atoms with van der Waals surface area (Å²) in [6.45, 7) is 11.2. The van der Waals surface area contributed by atoms with Gasteiger partial charge in [-0.25, -0.2) is 4.99 Å². The molecule has 1 fully saturated rings. The van der Waals surface area contributed by atoms with Crippen LogP contribution in [0.4, 0.5) is 0 Å². The van der Waals surface area contributed by atoms with E-state index in [1.807, 2.05) is 0 Å². The minimum atomic E-state index is 0.884. The molecule has 0 unspecified atom stereocenters. The van der Waals surface area contributed by atoms with E-state index >= 15 is 0 Å². The molecule has 0 radical (unpaired) electrons. The quantitative estimate of drug-likeness (QED) is 0.768. The Balaban J connectivity index is 0.000000165. The Morgan fingerprint density at radius 3 is 2.69 bits per heavy atom. The van der Waals surface area contributed by atoms with Crippen molar-refractivity contribution in [3.05, 3.63) is 24.6 Å². The number of allylic oxidation sites excluding steroid dienone is 1. The average molecular weight is 223 g/mol. The fraction of sp³-hybridized carbons (Fsp3) is 0.583. The number of nitrogens with zero attached hydrogens (tertiary/aromatic N) is 2. The minimum Gasteiger partial charge on any atom is -0.379 e. The number of morpholine rings is 1. The lowest BCUT2D eigenvalue weighted by atomic mass is 10.4. The number of hydrogen-bond acceptors (Lipinski definition) is 4. The lowest BCUT2D eigenvalue weighted by molar-refractivity contribution is 0.0380. The van der Waals surface area contributed by atoms with Crippen LogP contribution in [0, 0.1) is 0 Å². The van der Waals surface area contributed by atoms with Gasteiger partial charge >= 0.3 is 0 Å². The van der Waals surface area contributed by atoms with Gasteiger partial charge in [-0.3, -0.25) is 4.90 Å². The van der Waals surface area contributed by atoms with Crippen LogP contribution in [0.3, 0.4) is 0 Å². The predicted molar refractivity (Wildman–Crippen MR) is 67.5 cm³/mol. The summed E-state index contributed by atoms with van der Waals surface area (Å²) in [6, 6.07) is 0. The molecule has 90 valence electrons. The summed E-state index contributed by atoms with van der Waals surface area (Å²) in [7, 11) is 0. The summed E-state index contributed by atoms with van der Waals surface area (Å²) in [4.78, 5) is 6.20. The van der Waals surface area contributed by atoms with Crippen molar-refractivity contribution in [1.82, 2.24) is 10.2 Å². The van der Waals surface area contributed by atoms with Gasteiger partial charge in [0.15, 0.2) is 0 Å². The molecule has 1 N–H and O–H groups in total. The van der Waals surface area contributed by atoms with Gasteiger partial charge in [0, 0.05) is 25.0 Å². The van der Waals surface area contributed by atoms with E-state index in [0.29, 0.717) is 0 Å². The van der Waals surface area contributed by atoms with Crippen LogP contribution in [0.15, 0.2) is 29.5 Å². The second kappa shape index (κ2) is 8.07. The summed E-state index contributed by atoms with van der Waals surface area (Å²) in [5.41, 5.74) is 0.884. The van der Waals surface area contributed by atoms with Crippen LogP contribution < -0.4 is 5.32 Å². The zero-order valence-corrected chi connectivity index (χ0v) is 9.98. The van der Waals surface area contributed by atoms with Crippen molar-refractivity contribution in [2.75, 3.05) is 32.8 Å². The molecule has 0 atom stereocenters. The molecule has 2 heterocycles. The molecular weight excluding hydrogens is 202 g/mol. The predicted octanol–water partition coefficient (Wildman–Crippen LogP) is 1.37. The highest BCUT2D eigenvalue weighted by Crippen LogP contribution is 1.96. The maximum absolute atomic E-state index is 5.20. The highest BCUT2D eigenvalue weighted by Gasteiger charge is 2.07. The van der Waals surface area contributed by atoms with Gasteiger partial charge in [-0.05, 0) is 19.0 Å². The van der Waals surface area contributed by atoms with Gasteiger partial charge in [-0.1, -0.05) is 13.5 Å². The van der Waals surface area contributed by atoms with Gasteiger partial charge in [0.2, 0.25) is 0 Å². The Hall–Kier alpha value is -1.13. The smallest absolute Gasteiger partial charge is 0.0922 e. The van der Waals surface area contributed by atoms with E-state index in [2.05, 4.69) is 28.7 Å². The average Bonchev–Trinajstić information content (AvgIpc) is 2.33. The van der Waals surface area contributed by atoms with Crippen LogP contribution in [0.25, 0.3) is 0 Å². The molecular formula is C12H21N3O. The van der Waals surface area contributed by atoms with E-state index in [1.165, 1.54) is 13.0 Å². The molecule has 0 aromatic rings. The molecule has 0 bridgehead atoms. The Bertz CT molecular complexity index is 252. The summed E-state index contributed by atoms with van der Waals surface area (Å²) in [5, 5.41) is 2.81. The Morgan fingerprint density at radius 2 is 2.25 bits per heavy atom. The van der Waals surface area contributed by atoms with Crippen LogP contribution in [-0.4, -0.2) is 44.1 Å². The van der Waals surface area contributed by atoms with Gasteiger partial charge in [-0.15, -0.1) is 0 Å². The normalized spacial score (nSPS) is 19.9. The monoisotopic (exact) mass is 223 g/mol. The zero-order chi connectivity index (χ0) is 11.6. The molecule has 2 aliphatic heterocycles. The molecule has 4 nitrogen and oxygen atoms in total. The molecule has 0 saturated carbocycles. The first-order valence-corrected chi connectivity index (χ1v) is 5.76. The van der Waals surface area contributed by atoms with Gasteiger partial charge in [0.05, 0.1) is 19.6 Å². The lowest BCUT2D eigenvalue weighted by Gasteiger charge is -2.25. The molecule has 2 aliphatic rings. The molecule has 0 aromatic carbocycles. The summed E-state index contributed by atoms with van der Waals surface area (Å²) >= 11 is 0. The molecule has 0 amide bonds. The van der Waals surface area contributed by atoms with Crippen molar-refractivity contribution in [2.24, 2.45) is 4.99 Å². The first-order valence-electron chi connectivity index (χ1n) is 5.76. The van der Waals surface area contributed by atoms with Crippen LogP contribution in [0.2, 0.25) is 0 Å². The second-order valence-electron chi connectivity index (χ2n) is 3.72. The fourth-order valence-electron chi connectivity index (χ4n) is 1.49. The maximum atomic E-state index is 5.20. The molecule has 2 rings (SSSR count). The Morgan fingerprint density at radius 1 is 1.50 bits per heavy atom. The third-order valence-electron chi connectivity index (χ3n) is 2.33. The van der Waals surface area contributed by atoms with Gasteiger partial charge in [0.25, 0.3) is 0 Å². The highest BCUT2D eigenvalue weighted by atomic mass is 16.5. The fourth-order valence-corrected chi connectivity index (χ4v) is 1.49. The van der Waals surface area contributed by atoms with E-state index < -0.39 is 0 Å². The zero-order valence-electron chi connectivity index (χ0n) is 9.98. The third-order valence-corrected chi connectivity index (χ3v) is 2.33. The Kier molecular flexibility index (Phi) is 6.53. The largest absolute Gasteiger partial charge is 0.379 e. The first-order chi connectivity index (χ1) is 7.83. The number of hydrogen-bond donors (Lipinski definition) is 1. The molecule has 0 aliphatic carbocycles. The van der Waals surface area contributed by atoms with E-state index in [0.717, 1.165) is 32.0 Å². The maximum Gasteiger partial charge on any atom is 0.0922 e. The van der Waals surface area contributed by atoms with Gasteiger partial charge < -0.3 is 10.1 Å². The van der Waals surface area contributed by atoms with Crippen LogP contribution in [-0.2, 0) is 4.74 Å². The molecule has 0 aromatic heterocycles. The first kappa shape index (κ1) is 12.9. The highest BCUT2D eigenvalue weighted by molar-refractivity contribution is 5.61. The SMILES string of the molecule is C=C1C=CN=CN1.CCCN1CCOCC1. The topological polar surface area (TPSA) is 36.9 Å². The summed E-state index contributed by atoms with van der Waals surface area (Å²) < 4.78 is 5.20. The standard InChI is InChI=1S/C7H15NO.C5H6N2/c1-2-3-8-4-6-9-7-5-8;1-5-2-3-6-4-7-5/h2-7H2,1H3;2-4H,1H2,(H,6,7). The van der Waals surface area contributed by atoms with Crippen molar-refractivity contribution < 1.29 is 4.74 Å². The number of rotatable bonds is 2. The Labute approximate surface area is 97.7 Å². The van der Waals surface area contributed by atoms with E-state index in [-0.39, 0.29) is 0 Å². The summed E-state index contributed by atoms with van der Waals surface area (Å²) in [6.07, 6.45) is 6.36.